The molecule has 3 aromatic carbocycles. The summed E-state index contributed by atoms with van der Waals surface area (Å²) in [4.78, 5) is -0.136. The number of hydrogen-bond acceptors (Lipinski definition) is 8. The van der Waals surface area contributed by atoms with Gasteiger partial charge in [0, 0.05) is 28.3 Å². The molecule has 0 bridgehead atoms. The molecule has 3 aromatic rings. The summed E-state index contributed by atoms with van der Waals surface area (Å²) < 4.78 is 62.2. The maximum absolute atomic E-state index is 14.8. The van der Waals surface area contributed by atoms with Crippen LogP contribution >= 0.6 is 11.6 Å². The number of hydrogen-bond donors (Lipinski definition) is 1. The lowest BCUT2D eigenvalue weighted by atomic mass is 9.83. The van der Waals surface area contributed by atoms with Crippen molar-refractivity contribution in [1.29, 1.82) is 5.26 Å². The highest BCUT2D eigenvalue weighted by atomic mass is 35.5. The van der Waals surface area contributed by atoms with Crippen molar-refractivity contribution < 1.29 is 31.2 Å². The van der Waals surface area contributed by atoms with Gasteiger partial charge in [0.2, 0.25) is 5.88 Å². The fourth-order valence-electron chi connectivity index (χ4n) is 3.92. The molecule has 11 heteroatoms. The Kier molecular flexibility index (Phi) is 5.67. The van der Waals surface area contributed by atoms with Crippen LogP contribution in [0.1, 0.15) is 17.0 Å². The van der Waals surface area contributed by atoms with E-state index >= 15 is 0 Å². The minimum absolute atomic E-state index is 0.0259. The van der Waals surface area contributed by atoms with Gasteiger partial charge < -0.3 is 24.1 Å². The second-order valence-electron chi connectivity index (χ2n) is 7.60. The number of benzene rings is 3. The quantitative estimate of drug-likeness (QED) is 0.513. The third kappa shape index (κ3) is 4.09. The first-order valence-corrected chi connectivity index (χ1v) is 12.1. The van der Waals surface area contributed by atoms with Gasteiger partial charge in [0.25, 0.3) is 0 Å². The average Bonchev–Trinajstić information content (AvgIpc) is 2.83. The number of halogens is 2. The van der Waals surface area contributed by atoms with E-state index in [0.29, 0.717) is 30.3 Å². The van der Waals surface area contributed by atoms with E-state index in [1.165, 1.54) is 54.6 Å². The minimum atomic E-state index is -4.25. The summed E-state index contributed by atoms with van der Waals surface area (Å²) in [6.45, 7) is 0.668. The Morgan fingerprint density at radius 1 is 1.06 bits per heavy atom. The summed E-state index contributed by atoms with van der Waals surface area (Å²) in [5.41, 5.74) is 6.34. The van der Waals surface area contributed by atoms with Crippen molar-refractivity contribution in [3.63, 3.8) is 0 Å². The number of rotatable bonds is 4. The molecule has 1 unspecified atom stereocenters. The molecule has 0 fully saturated rings. The number of allylic oxidation sites excluding steroid dienone is 1. The Hall–Kier alpha value is -3.94. The lowest BCUT2D eigenvalue weighted by molar-refractivity contribution is 0.171. The molecule has 5 rings (SSSR count). The molecule has 2 heterocycles. The van der Waals surface area contributed by atoms with E-state index in [2.05, 4.69) is 0 Å². The molecule has 0 radical (unpaired) electrons. The molecule has 0 amide bonds. The topological polar surface area (TPSA) is 121 Å². The number of nitriles is 1. The first kappa shape index (κ1) is 22.8. The number of fused-ring (bicyclic) bond motifs is 2. The predicted octanol–water partition coefficient (Wildman–Crippen LogP) is 4.24. The Balaban J connectivity index is 1.52. The Morgan fingerprint density at radius 2 is 1.83 bits per heavy atom. The van der Waals surface area contributed by atoms with Crippen molar-refractivity contribution in [2.75, 3.05) is 13.2 Å². The number of ether oxygens (including phenoxy) is 3. The molecule has 0 aromatic heterocycles. The van der Waals surface area contributed by atoms with Gasteiger partial charge in [-0.3, -0.25) is 0 Å². The SMILES string of the molecule is N#CC1=C(N)Oc2cc(OS(=O)(=O)c3ccc4c(c3)OCCO4)ccc2C1c1c(F)cccc1Cl. The van der Waals surface area contributed by atoms with Crippen LogP contribution in [0.15, 0.2) is 70.9 Å². The van der Waals surface area contributed by atoms with Crippen LogP contribution in [-0.2, 0) is 10.1 Å². The van der Waals surface area contributed by atoms with Crippen LogP contribution < -0.4 is 24.1 Å². The lowest BCUT2D eigenvalue weighted by Crippen LogP contribution is -2.22. The molecule has 2 N–H and O–H groups in total. The van der Waals surface area contributed by atoms with E-state index in [9.17, 15) is 18.1 Å². The monoisotopic (exact) mass is 514 g/mol. The molecule has 1 atom stereocenters. The van der Waals surface area contributed by atoms with Gasteiger partial charge in [-0.15, -0.1) is 0 Å². The summed E-state index contributed by atoms with van der Waals surface area (Å²) in [7, 11) is -4.25. The highest BCUT2D eigenvalue weighted by Crippen LogP contribution is 2.46. The highest BCUT2D eigenvalue weighted by Gasteiger charge is 2.34. The summed E-state index contributed by atoms with van der Waals surface area (Å²) in [5, 5.41) is 9.76. The van der Waals surface area contributed by atoms with E-state index in [1.807, 2.05) is 6.07 Å². The van der Waals surface area contributed by atoms with E-state index in [1.54, 1.807) is 0 Å². The molecule has 35 heavy (non-hydrogen) atoms. The molecular formula is C24H16ClFN2O6S. The van der Waals surface area contributed by atoms with Crippen molar-refractivity contribution in [2.45, 2.75) is 10.8 Å². The minimum Gasteiger partial charge on any atom is -0.486 e. The molecule has 0 saturated carbocycles. The van der Waals surface area contributed by atoms with Crippen LogP contribution in [0.3, 0.4) is 0 Å². The van der Waals surface area contributed by atoms with Gasteiger partial charge in [-0.2, -0.15) is 13.7 Å². The second kappa shape index (κ2) is 8.69. The summed E-state index contributed by atoms with van der Waals surface area (Å²) >= 11 is 6.26. The van der Waals surface area contributed by atoms with Gasteiger partial charge in [-0.25, -0.2) is 4.39 Å². The van der Waals surface area contributed by atoms with Crippen molar-refractivity contribution in [3.8, 4) is 29.1 Å². The lowest BCUT2D eigenvalue weighted by Gasteiger charge is -2.27. The van der Waals surface area contributed by atoms with Crippen LogP contribution in [0.4, 0.5) is 4.39 Å². The molecule has 178 valence electrons. The molecule has 2 aliphatic rings. The summed E-state index contributed by atoms with van der Waals surface area (Å²) in [6, 6.07) is 14.4. The van der Waals surface area contributed by atoms with E-state index in [-0.39, 0.29) is 38.4 Å². The molecule has 0 aliphatic carbocycles. The third-order valence-electron chi connectivity index (χ3n) is 5.49. The smallest absolute Gasteiger partial charge is 0.339 e. The fourth-order valence-corrected chi connectivity index (χ4v) is 5.14. The number of nitrogens with two attached hydrogens (primary N) is 1. The van der Waals surface area contributed by atoms with Gasteiger partial charge in [-0.1, -0.05) is 23.7 Å². The molecule has 2 aliphatic heterocycles. The van der Waals surface area contributed by atoms with Crippen LogP contribution in [0.2, 0.25) is 5.02 Å². The van der Waals surface area contributed by atoms with Gasteiger partial charge in [-0.05, 0) is 30.3 Å². The van der Waals surface area contributed by atoms with Crippen LogP contribution in [0, 0.1) is 17.1 Å². The van der Waals surface area contributed by atoms with Crippen molar-refractivity contribution in [1.82, 2.24) is 0 Å². The van der Waals surface area contributed by atoms with Crippen molar-refractivity contribution >= 4 is 21.7 Å². The molecule has 0 spiro atoms. The van der Waals surface area contributed by atoms with Crippen LogP contribution in [0.5, 0.6) is 23.0 Å². The maximum Gasteiger partial charge on any atom is 0.339 e. The largest absolute Gasteiger partial charge is 0.486 e. The van der Waals surface area contributed by atoms with Crippen LogP contribution in [-0.4, -0.2) is 21.6 Å². The zero-order valence-corrected chi connectivity index (χ0v) is 19.4. The van der Waals surface area contributed by atoms with Crippen molar-refractivity contribution in [3.05, 3.63) is 88.0 Å². The zero-order valence-electron chi connectivity index (χ0n) is 17.8. The normalized spacial score (nSPS) is 16.7. The van der Waals surface area contributed by atoms with E-state index in [4.69, 9.17) is 35.7 Å². The predicted molar refractivity (Wildman–Crippen MR) is 122 cm³/mol. The molecule has 8 nitrogen and oxygen atoms in total. The highest BCUT2D eigenvalue weighted by molar-refractivity contribution is 7.87. The second-order valence-corrected chi connectivity index (χ2v) is 9.56. The van der Waals surface area contributed by atoms with E-state index in [0.717, 1.165) is 0 Å². The number of nitrogens with zero attached hydrogens (tertiary/aromatic N) is 1. The Morgan fingerprint density at radius 3 is 2.57 bits per heavy atom. The third-order valence-corrected chi connectivity index (χ3v) is 7.06. The van der Waals surface area contributed by atoms with Crippen molar-refractivity contribution in [2.24, 2.45) is 5.73 Å². The first-order chi connectivity index (χ1) is 16.8. The van der Waals surface area contributed by atoms with Crippen LogP contribution in [0.25, 0.3) is 0 Å². The summed E-state index contributed by atoms with van der Waals surface area (Å²) in [5.74, 6) is -1.09. The zero-order chi connectivity index (χ0) is 24.7. The fraction of sp³-hybridized carbons (Fsp3) is 0.125. The molecular weight excluding hydrogens is 499 g/mol. The van der Waals surface area contributed by atoms with Gasteiger partial charge in [0.1, 0.15) is 47.1 Å². The average molecular weight is 515 g/mol. The van der Waals surface area contributed by atoms with Gasteiger partial charge in [0.05, 0.1) is 5.92 Å². The Bertz CT molecular complexity index is 1510. The maximum atomic E-state index is 14.8. The van der Waals surface area contributed by atoms with E-state index < -0.39 is 21.9 Å². The van der Waals surface area contributed by atoms with Gasteiger partial charge >= 0.3 is 10.1 Å². The Labute approximate surface area is 205 Å². The van der Waals surface area contributed by atoms with Gasteiger partial charge in [0.15, 0.2) is 11.5 Å². The standard InChI is InChI=1S/C24H16ClFN2O6S/c25-17-2-1-3-18(26)23(17)22-15-6-4-13(10-20(15)33-24(28)16(22)12-27)34-35(29,30)14-5-7-19-21(11-14)32-9-8-31-19/h1-7,10-11,22H,8-9,28H2. The molecule has 0 saturated heterocycles. The first-order valence-electron chi connectivity index (χ1n) is 10.3. The summed E-state index contributed by atoms with van der Waals surface area (Å²) in [6.07, 6.45) is 0.